The van der Waals surface area contributed by atoms with Crippen LogP contribution in [-0.4, -0.2) is 71.1 Å². The van der Waals surface area contributed by atoms with Crippen molar-refractivity contribution in [3.8, 4) is 0 Å². The summed E-state index contributed by atoms with van der Waals surface area (Å²) in [5, 5.41) is 10.1. The summed E-state index contributed by atoms with van der Waals surface area (Å²) in [7, 11) is 0. The van der Waals surface area contributed by atoms with Gasteiger partial charge >= 0.3 is 11.9 Å². The molecule has 13 nitrogen and oxygen atoms in total. The lowest BCUT2D eigenvalue weighted by Gasteiger charge is -2.36. The predicted octanol–water partition coefficient (Wildman–Crippen LogP) is 1.13. The molecule has 4 atom stereocenters. The van der Waals surface area contributed by atoms with Gasteiger partial charge in [-0.25, -0.2) is 4.79 Å². The number of nitrogens with one attached hydrogen (secondary N) is 3. The lowest BCUT2D eigenvalue weighted by molar-refractivity contribution is -0.143. The molecule has 4 unspecified atom stereocenters. The van der Waals surface area contributed by atoms with Crippen LogP contribution in [0.25, 0.3) is 0 Å². The Kier molecular flexibility index (Phi) is 10.3. The van der Waals surface area contributed by atoms with Crippen LogP contribution in [0.5, 0.6) is 0 Å². The highest BCUT2D eigenvalue weighted by atomic mass is 16.3. The standard InChI is InChI=1S/C26H42N6O7/c1-25(2,3)18(22(36)31-39)29-24(38)30-19(26(4,5)6)23(37)32-12-8-11-16(32)21(35)28-15(17(33)20(27)34)13-14-9-7-10-14/h14-16,18-19H,7-13H2,1-6H3,(H2,27,34)(H,28,35)(H2,29,30,38). The molecule has 6 amide bonds. The van der Waals surface area contributed by atoms with Crippen LogP contribution in [0.1, 0.15) is 80.1 Å². The van der Waals surface area contributed by atoms with E-state index in [1.54, 1.807) is 41.5 Å². The fourth-order valence-corrected chi connectivity index (χ4v) is 4.86. The molecule has 2 fully saturated rings. The van der Waals surface area contributed by atoms with E-state index in [9.17, 15) is 33.7 Å². The Hall–Kier alpha value is -3.38. The first-order valence-electron chi connectivity index (χ1n) is 13.4. The summed E-state index contributed by atoms with van der Waals surface area (Å²) in [5.74, 6) is -3.91. The molecule has 13 heteroatoms. The van der Waals surface area contributed by atoms with Crippen LogP contribution in [0.4, 0.5) is 4.79 Å². The van der Waals surface area contributed by atoms with Gasteiger partial charge in [-0.2, -0.15) is 0 Å². The molecular formula is C26H42N6O7. The van der Waals surface area contributed by atoms with E-state index in [4.69, 9.17) is 5.73 Å². The van der Waals surface area contributed by atoms with Crippen molar-refractivity contribution >= 4 is 35.4 Å². The second kappa shape index (κ2) is 12.6. The summed E-state index contributed by atoms with van der Waals surface area (Å²) < 4.78 is 0. The first kappa shape index (κ1) is 31.8. The predicted molar refractivity (Wildman–Crippen MR) is 142 cm³/mol. The fourth-order valence-electron chi connectivity index (χ4n) is 4.86. The number of nitroso groups, excluding NO2 is 1. The summed E-state index contributed by atoms with van der Waals surface area (Å²) >= 11 is 0. The van der Waals surface area contributed by atoms with Gasteiger partial charge in [0, 0.05) is 11.7 Å². The molecule has 0 bridgehead atoms. The summed E-state index contributed by atoms with van der Waals surface area (Å²) in [5.41, 5.74) is 3.59. The van der Waals surface area contributed by atoms with Gasteiger partial charge in [-0.3, -0.25) is 24.0 Å². The molecular weight excluding hydrogens is 508 g/mol. The molecule has 2 rings (SSSR count). The lowest BCUT2D eigenvalue weighted by atomic mass is 9.80. The van der Waals surface area contributed by atoms with E-state index in [0.717, 1.165) is 19.3 Å². The van der Waals surface area contributed by atoms with Gasteiger partial charge in [0.2, 0.25) is 17.6 Å². The van der Waals surface area contributed by atoms with Gasteiger partial charge in [0.15, 0.2) is 0 Å². The number of amides is 6. The van der Waals surface area contributed by atoms with Crippen molar-refractivity contribution in [2.24, 2.45) is 27.7 Å². The number of primary amides is 1. The van der Waals surface area contributed by atoms with E-state index in [1.807, 2.05) is 0 Å². The van der Waals surface area contributed by atoms with Crippen LogP contribution in [-0.2, 0) is 24.0 Å². The molecule has 0 spiro atoms. The van der Waals surface area contributed by atoms with Crippen LogP contribution in [0.15, 0.2) is 5.18 Å². The number of carbonyl (C=O) groups is 6. The lowest BCUT2D eigenvalue weighted by Crippen LogP contribution is -2.61. The first-order valence-corrected chi connectivity index (χ1v) is 13.4. The molecule has 0 radical (unpaired) electrons. The van der Waals surface area contributed by atoms with Crippen molar-refractivity contribution < 1.29 is 28.8 Å². The number of Topliss-reactive ketones (excluding diaryl/α,β-unsaturated/α-hetero) is 1. The molecule has 1 aliphatic carbocycles. The van der Waals surface area contributed by atoms with Crippen molar-refractivity contribution in [1.82, 2.24) is 20.9 Å². The van der Waals surface area contributed by atoms with Gasteiger partial charge in [0.05, 0.1) is 6.04 Å². The zero-order chi connectivity index (χ0) is 29.7. The number of nitrogens with zero attached hydrogens (tertiary/aromatic N) is 2. The molecule has 39 heavy (non-hydrogen) atoms. The minimum Gasteiger partial charge on any atom is -0.363 e. The molecule has 0 aromatic heterocycles. The van der Waals surface area contributed by atoms with E-state index >= 15 is 0 Å². The SMILES string of the molecule is CC(C)(C)C(NC(=O)NC(C(=O)N1CCCC1C(=O)NC(CC1CCC1)C(=O)C(N)=O)C(C)(C)C)C(=O)N=O. The Labute approximate surface area is 228 Å². The van der Waals surface area contributed by atoms with Crippen molar-refractivity contribution in [1.29, 1.82) is 0 Å². The summed E-state index contributed by atoms with van der Waals surface area (Å²) in [4.78, 5) is 88.0. The van der Waals surface area contributed by atoms with E-state index in [2.05, 4.69) is 21.1 Å². The second-order valence-electron chi connectivity index (χ2n) is 12.7. The summed E-state index contributed by atoms with van der Waals surface area (Å²) in [6.07, 6.45) is 3.99. The molecule has 1 saturated carbocycles. The molecule has 5 N–H and O–H groups in total. The Morgan fingerprint density at radius 1 is 0.872 bits per heavy atom. The highest BCUT2D eigenvalue weighted by molar-refractivity contribution is 6.37. The van der Waals surface area contributed by atoms with Crippen molar-refractivity contribution in [2.75, 3.05) is 6.54 Å². The monoisotopic (exact) mass is 550 g/mol. The molecule has 0 aromatic rings. The van der Waals surface area contributed by atoms with Gasteiger partial charge in [-0.1, -0.05) is 60.8 Å². The molecule has 1 heterocycles. The zero-order valence-electron chi connectivity index (χ0n) is 23.7. The number of likely N-dealkylation sites (tertiary alicyclic amines) is 1. The first-order chi connectivity index (χ1) is 18.0. The molecule has 218 valence electrons. The fraction of sp³-hybridized carbons (Fsp3) is 0.769. The minimum atomic E-state index is -1.22. The van der Waals surface area contributed by atoms with Crippen LogP contribution in [0.3, 0.4) is 0 Å². The van der Waals surface area contributed by atoms with Crippen molar-refractivity contribution in [3.05, 3.63) is 4.91 Å². The average Bonchev–Trinajstić information content (AvgIpc) is 3.29. The number of nitrogens with two attached hydrogens (primary N) is 1. The average molecular weight is 551 g/mol. The molecule has 0 aromatic carbocycles. The number of rotatable bonds is 10. The third-order valence-electron chi connectivity index (χ3n) is 7.37. The highest BCUT2D eigenvalue weighted by Crippen LogP contribution is 2.31. The smallest absolute Gasteiger partial charge is 0.316 e. The quantitative estimate of drug-likeness (QED) is 0.231. The maximum Gasteiger partial charge on any atom is 0.316 e. The maximum absolute atomic E-state index is 13.7. The Balaban J connectivity index is 2.19. The van der Waals surface area contributed by atoms with Crippen molar-refractivity contribution in [2.45, 2.75) is 104 Å². The third kappa shape index (κ3) is 8.30. The normalized spacial score (nSPS) is 20.2. The van der Waals surface area contributed by atoms with Gasteiger partial charge in [0.1, 0.15) is 18.1 Å². The number of carbonyl (C=O) groups excluding carboxylic acids is 6. The molecule has 2 aliphatic rings. The minimum absolute atomic E-state index is 0.214. The van der Waals surface area contributed by atoms with E-state index in [-0.39, 0.29) is 12.5 Å². The Bertz CT molecular complexity index is 996. The van der Waals surface area contributed by atoms with Gasteiger partial charge in [0.25, 0.3) is 5.91 Å². The Morgan fingerprint density at radius 3 is 1.90 bits per heavy atom. The van der Waals surface area contributed by atoms with Gasteiger partial charge < -0.3 is 26.6 Å². The maximum atomic E-state index is 13.7. The number of ketones is 1. The largest absolute Gasteiger partial charge is 0.363 e. The van der Waals surface area contributed by atoms with E-state index in [1.165, 1.54) is 4.90 Å². The number of hydrogen-bond acceptors (Lipinski definition) is 7. The summed E-state index contributed by atoms with van der Waals surface area (Å²) in [6, 6.07) is -5.11. The Morgan fingerprint density at radius 2 is 1.44 bits per heavy atom. The van der Waals surface area contributed by atoms with Crippen LogP contribution >= 0.6 is 0 Å². The van der Waals surface area contributed by atoms with Crippen LogP contribution in [0, 0.1) is 21.7 Å². The van der Waals surface area contributed by atoms with Crippen molar-refractivity contribution in [3.63, 3.8) is 0 Å². The topological polar surface area (TPSA) is 197 Å². The highest BCUT2D eigenvalue weighted by Gasteiger charge is 2.43. The van der Waals surface area contributed by atoms with Crippen LogP contribution < -0.4 is 21.7 Å². The van der Waals surface area contributed by atoms with E-state index in [0.29, 0.717) is 19.3 Å². The van der Waals surface area contributed by atoms with Gasteiger partial charge in [-0.05, 0) is 36.0 Å². The number of hydrogen-bond donors (Lipinski definition) is 4. The zero-order valence-corrected chi connectivity index (χ0v) is 23.7. The number of urea groups is 1. The van der Waals surface area contributed by atoms with Crippen LogP contribution in [0.2, 0.25) is 0 Å². The van der Waals surface area contributed by atoms with Gasteiger partial charge in [-0.15, -0.1) is 4.91 Å². The second-order valence-corrected chi connectivity index (χ2v) is 12.7. The third-order valence-corrected chi connectivity index (χ3v) is 7.37. The summed E-state index contributed by atoms with van der Waals surface area (Å²) in [6.45, 7) is 10.4. The molecule has 1 saturated heterocycles. The van der Waals surface area contributed by atoms with E-state index < -0.39 is 70.4 Å². The molecule has 1 aliphatic heterocycles.